The number of carbonyl (C=O) groups excluding carboxylic acids is 2. The molecule has 4 rings (SSSR count). The Balaban J connectivity index is 0.00000225. The Morgan fingerprint density at radius 1 is 1.14 bits per heavy atom. The number of pyridine rings is 1. The summed E-state index contributed by atoms with van der Waals surface area (Å²) in [6.45, 7) is 9.30. The van der Waals surface area contributed by atoms with Gasteiger partial charge in [-0.2, -0.15) is 0 Å². The first-order valence-corrected chi connectivity index (χ1v) is 9.87. The van der Waals surface area contributed by atoms with E-state index in [0.29, 0.717) is 43.2 Å². The van der Waals surface area contributed by atoms with Crippen molar-refractivity contribution < 1.29 is 9.59 Å². The molecule has 0 aromatic carbocycles. The quantitative estimate of drug-likeness (QED) is 0.764. The fourth-order valence-electron chi connectivity index (χ4n) is 4.63. The normalized spacial score (nSPS) is 24.6. The van der Waals surface area contributed by atoms with E-state index < -0.39 is 0 Å². The van der Waals surface area contributed by atoms with Crippen LogP contribution in [0.3, 0.4) is 0 Å². The number of aromatic nitrogens is 1. The molecule has 1 atom stereocenters. The molecule has 154 valence electrons. The number of piperazine rings is 1. The van der Waals surface area contributed by atoms with Gasteiger partial charge in [-0.15, -0.1) is 12.4 Å². The van der Waals surface area contributed by atoms with Crippen LogP contribution in [0.1, 0.15) is 53.1 Å². The summed E-state index contributed by atoms with van der Waals surface area (Å²) in [5, 5.41) is 3.34. The van der Waals surface area contributed by atoms with Crippen molar-refractivity contribution in [3.8, 4) is 0 Å². The molecular weight excluding hydrogens is 380 g/mol. The lowest BCUT2D eigenvalue weighted by Crippen LogP contribution is -2.49. The zero-order chi connectivity index (χ0) is 19.2. The van der Waals surface area contributed by atoms with Crippen LogP contribution in [0, 0.1) is 5.41 Å². The summed E-state index contributed by atoms with van der Waals surface area (Å²) in [4.78, 5) is 45.1. The summed E-state index contributed by atoms with van der Waals surface area (Å²) >= 11 is 0. The first kappa shape index (κ1) is 21.0. The van der Waals surface area contributed by atoms with Gasteiger partial charge in [0, 0.05) is 63.0 Å². The zero-order valence-electron chi connectivity index (χ0n) is 16.5. The minimum atomic E-state index is -0.380. The number of Topliss-reactive ketones (excluding diaryl/α,β-unsaturated/α-hetero) is 1. The largest absolute Gasteiger partial charge is 0.337 e. The zero-order valence-corrected chi connectivity index (χ0v) is 17.4. The lowest BCUT2D eigenvalue weighted by molar-refractivity contribution is 0.0771. The van der Waals surface area contributed by atoms with Crippen LogP contribution in [0.4, 0.5) is 0 Å². The predicted octanol–water partition coefficient (Wildman–Crippen LogP) is 1.07. The molecule has 2 fully saturated rings. The number of halogens is 1. The molecule has 3 aliphatic rings. The van der Waals surface area contributed by atoms with Gasteiger partial charge in [0.25, 0.3) is 11.5 Å². The molecule has 1 amide bonds. The van der Waals surface area contributed by atoms with E-state index in [4.69, 9.17) is 0 Å². The number of ketones is 1. The molecule has 0 bridgehead atoms. The van der Waals surface area contributed by atoms with Crippen LogP contribution < -0.4 is 10.9 Å². The number of amides is 1. The molecule has 2 saturated heterocycles. The van der Waals surface area contributed by atoms with E-state index in [9.17, 15) is 14.4 Å². The minimum absolute atomic E-state index is 0. The van der Waals surface area contributed by atoms with Crippen molar-refractivity contribution in [3.63, 3.8) is 0 Å². The van der Waals surface area contributed by atoms with E-state index in [1.165, 1.54) is 6.07 Å². The average Bonchev–Trinajstić information content (AvgIpc) is 3.10. The van der Waals surface area contributed by atoms with Crippen LogP contribution in [0.15, 0.2) is 10.9 Å². The molecular formula is C20H29ClN4O3. The van der Waals surface area contributed by atoms with Gasteiger partial charge in [-0.3, -0.25) is 19.3 Å². The molecule has 0 saturated carbocycles. The second-order valence-electron chi connectivity index (χ2n) is 8.82. The fourth-order valence-corrected chi connectivity index (χ4v) is 4.63. The van der Waals surface area contributed by atoms with Crippen LogP contribution in [0.25, 0.3) is 0 Å². The van der Waals surface area contributed by atoms with E-state index in [0.717, 1.165) is 32.6 Å². The van der Waals surface area contributed by atoms with Gasteiger partial charge in [0.1, 0.15) is 5.56 Å². The Hall–Kier alpha value is -1.70. The summed E-state index contributed by atoms with van der Waals surface area (Å²) < 4.78 is 0. The van der Waals surface area contributed by atoms with Gasteiger partial charge in [0.15, 0.2) is 5.78 Å². The molecule has 28 heavy (non-hydrogen) atoms. The molecule has 3 heterocycles. The van der Waals surface area contributed by atoms with Crippen molar-refractivity contribution in [1.82, 2.24) is 20.1 Å². The molecule has 0 spiro atoms. The smallest absolute Gasteiger partial charge is 0.261 e. The number of carbonyl (C=O) groups is 2. The third-order valence-electron chi connectivity index (χ3n) is 6.07. The van der Waals surface area contributed by atoms with E-state index in [1.54, 1.807) is 4.90 Å². The highest BCUT2D eigenvalue weighted by molar-refractivity contribution is 6.02. The molecule has 1 aliphatic carbocycles. The highest BCUT2D eigenvalue weighted by Gasteiger charge is 2.35. The molecule has 1 unspecified atom stereocenters. The number of fused-ring (bicyclic) bond motifs is 1. The average molecular weight is 409 g/mol. The molecule has 2 aliphatic heterocycles. The molecule has 8 heteroatoms. The van der Waals surface area contributed by atoms with Gasteiger partial charge in [-0.25, -0.2) is 0 Å². The van der Waals surface area contributed by atoms with Crippen LogP contribution in [-0.4, -0.2) is 71.8 Å². The lowest BCUT2D eigenvalue weighted by Gasteiger charge is -2.32. The predicted molar refractivity (Wildman–Crippen MR) is 109 cm³/mol. The van der Waals surface area contributed by atoms with Crippen molar-refractivity contribution in [1.29, 1.82) is 0 Å². The summed E-state index contributed by atoms with van der Waals surface area (Å²) in [7, 11) is 0. The van der Waals surface area contributed by atoms with Crippen molar-refractivity contribution >= 4 is 24.1 Å². The Morgan fingerprint density at radius 2 is 1.86 bits per heavy atom. The summed E-state index contributed by atoms with van der Waals surface area (Å²) in [6, 6.07) is 1.89. The second-order valence-corrected chi connectivity index (χ2v) is 8.82. The first-order chi connectivity index (χ1) is 12.8. The highest BCUT2D eigenvalue weighted by Crippen LogP contribution is 2.33. The van der Waals surface area contributed by atoms with Crippen LogP contribution in [0.2, 0.25) is 0 Å². The maximum atomic E-state index is 13.0. The van der Waals surface area contributed by atoms with Gasteiger partial charge in [0.05, 0.1) is 0 Å². The van der Waals surface area contributed by atoms with Gasteiger partial charge >= 0.3 is 0 Å². The van der Waals surface area contributed by atoms with E-state index >= 15 is 0 Å². The minimum Gasteiger partial charge on any atom is -0.337 e. The Bertz CT molecular complexity index is 829. The van der Waals surface area contributed by atoms with E-state index in [-0.39, 0.29) is 40.6 Å². The monoisotopic (exact) mass is 408 g/mol. The number of hydrogen-bond donors (Lipinski definition) is 2. The van der Waals surface area contributed by atoms with E-state index in [2.05, 4.69) is 15.2 Å². The number of rotatable bonds is 2. The Morgan fingerprint density at radius 3 is 2.57 bits per heavy atom. The molecule has 1 aromatic rings. The van der Waals surface area contributed by atoms with Crippen molar-refractivity contribution in [2.45, 2.75) is 39.2 Å². The molecule has 0 radical (unpaired) electrons. The van der Waals surface area contributed by atoms with E-state index in [1.807, 2.05) is 13.8 Å². The molecule has 2 N–H and O–H groups in total. The number of likely N-dealkylation sites (tertiary alicyclic amines) is 1. The highest BCUT2D eigenvalue weighted by atomic mass is 35.5. The number of nitrogens with zero attached hydrogens (tertiary/aromatic N) is 2. The SMILES string of the molecule is CC1(C)CC(=O)c2cc(C(=O)N3CCC(N4CCNCC4)C3)c(=O)[nH]c2C1.Cl. The maximum absolute atomic E-state index is 13.0. The van der Waals surface area contributed by atoms with Crippen molar-refractivity contribution in [2.75, 3.05) is 39.3 Å². The second kappa shape index (κ2) is 7.97. The topological polar surface area (TPSA) is 85.5 Å². The van der Waals surface area contributed by atoms with Crippen LogP contribution in [0.5, 0.6) is 0 Å². The molecule has 7 nitrogen and oxygen atoms in total. The number of H-pyrrole nitrogens is 1. The van der Waals surface area contributed by atoms with Crippen molar-refractivity contribution in [3.05, 3.63) is 33.2 Å². The summed E-state index contributed by atoms with van der Waals surface area (Å²) in [6.07, 6.45) is 2.02. The van der Waals surface area contributed by atoms with Gasteiger partial charge in [-0.05, 0) is 24.3 Å². The van der Waals surface area contributed by atoms with Crippen molar-refractivity contribution in [2.24, 2.45) is 5.41 Å². The van der Waals surface area contributed by atoms with Gasteiger partial charge in [0.2, 0.25) is 0 Å². The number of nitrogens with one attached hydrogen (secondary N) is 2. The number of aromatic amines is 1. The first-order valence-electron chi connectivity index (χ1n) is 9.87. The van der Waals surface area contributed by atoms with Crippen LogP contribution >= 0.6 is 12.4 Å². The van der Waals surface area contributed by atoms with Gasteiger partial charge in [-0.1, -0.05) is 13.8 Å². The molecule has 1 aromatic heterocycles. The Labute approximate surface area is 171 Å². The standard InChI is InChI=1S/C20H28N4O3.ClH/c1-20(2)10-16-14(17(25)11-20)9-15(18(26)22-16)19(27)24-6-3-13(12-24)23-7-4-21-5-8-23;/h9,13,21H,3-8,10-12H2,1-2H3,(H,22,26);1H. The maximum Gasteiger partial charge on any atom is 0.261 e. The summed E-state index contributed by atoms with van der Waals surface area (Å²) in [5.74, 6) is -0.249. The van der Waals surface area contributed by atoms with Gasteiger partial charge < -0.3 is 15.2 Å². The summed E-state index contributed by atoms with van der Waals surface area (Å²) in [5.41, 5.74) is 0.731. The van der Waals surface area contributed by atoms with Crippen LogP contribution in [-0.2, 0) is 6.42 Å². The fraction of sp³-hybridized carbons (Fsp3) is 0.650. The number of hydrogen-bond acceptors (Lipinski definition) is 5. The Kier molecular flexibility index (Phi) is 5.98. The third-order valence-corrected chi connectivity index (χ3v) is 6.07. The third kappa shape index (κ3) is 4.02. The lowest BCUT2D eigenvalue weighted by atomic mass is 9.75.